The zero-order valence-electron chi connectivity index (χ0n) is 14.9. The van der Waals surface area contributed by atoms with Gasteiger partial charge in [-0.25, -0.2) is 4.99 Å². The Hall–Kier alpha value is -2.77. The number of amidine groups is 1. The Balaban J connectivity index is 1.96. The van der Waals surface area contributed by atoms with Gasteiger partial charge in [0.05, 0.1) is 23.3 Å². The molecular weight excluding hydrogens is 358 g/mol. The van der Waals surface area contributed by atoms with Crippen molar-refractivity contribution in [3.05, 3.63) is 46.0 Å². The monoisotopic (exact) mass is 379 g/mol. The van der Waals surface area contributed by atoms with Gasteiger partial charge in [-0.05, 0) is 30.5 Å². The van der Waals surface area contributed by atoms with Crippen LogP contribution >= 0.6 is 11.8 Å². The number of rotatable bonds is 4. The zero-order chi connectivity index (χ0) is 19.4. The van der Waals surface area contributed by atoms with Gasteiger partial charge in [-0.15, -0.1) is 11.8 Å². The minimum Gasteiger partial charge on any atom is -0.386 e. The van der Waals surface area contributed by atoms with Gasteiger partial charge in [0.25, 0.3) is 0 Å². The molecule has 1 saturated carbocycles. The molecule has 27 heavy (non-hydrogen) atoms. The summed E-state index contributed by atoms with van der Waals surface area (Å²) in [5.41, 5.74) is 13.3. The highest BCUT2D eigenvalue weighted by Gasteiger charge is 2.50. The van der Waals surface area contributed by atoms with E-state index >= 15 is 0 Å². The van der Waals surface area contributed by atoms with Crippen molar-refractivity contribution in [3.63, 3.8) is 0 Å². The lowest BCUT2D eigenvalue weighted by molar-refractivity contribution is -0.116. The molecule has 1 fully saturated rings. The predicted octanol–water partition coefficient (Wildman–Crippen LogP) is 2.95. The maximum atomic E-state index is 12.4. The van der Waals surface area contributed by atoms with E-state index in [9.17, 15) is 10.1 Å². The van der Waals surface area contributed by atoms with Gasteiger partial charge in [0.2, 0.25) is 5.91 Å². The van der Waals surface area contributed by atoms with E-state index < -0.39 is 17.2 Å². The molecule has 0 aromatic heterocycles. The lowest BCUT2D eigenvalue weighted by atomic mass is 9.60. The van der Waals surface area contributed by atoms with Crippen molar-refractivity contribution in [1.82, 2.24) is 0 Å². The molecule has 7 heteroatoms. The van der Waals surface area contributed by atoms with Gasteiger partial charge in [-0.1, -0.05) is 31.4 Å². The minimum absolute atomic E-state index is 0.270. The van der Waals surface area contributed by atoms with Gasteiger partial charge in [0.15, 0.2) is 0 Å². The molecule has 0 saturated heterocycles. The van der Waals surface area contributed by atoms with E-state index in [4.69, 9.17) is 16.7 Å². The fraction of sp³-hybridized carbons (Fsp3) is 0.400. The van der Waals surface area contributed by atoms with Crippen LogP contribution in [0.4, 0.5) is 0 Å². The van der Waals surface area contributed by atoms with E-state index in [1.807, 2.05) is 12.1 Å². The Bertz CT molecular complexity index is 882. The molecular formula is C20H21N5OS. The lowest BCUT2D eigenvalue weighted by Crippen LogP contribution is -2.47. The second-order valence-electron chi connectivity index (χ2n) is 6.96. The average Bonchev–Trinajstić information content (AvgIpc) is 2.67. The third-order valence-electron chi connectivity index (χ3n) is 5.37. The standard InChI is InChI=1S/C20H21N5OS/c21-10-13-4-6-14(7-5-13)12-27-19-16(18(24)26)20(8-2-1-3-9-20)15(11-22)17(23)25-19/h4-7,15H,1-3,8-9,12H2,(H2,23,25)(H2,24,26). The second kappa shape index (κ2) is 7.85. The van der Waals surface area contributed by atoms with Crippen LogP contribution < -0.4 is 11.5 Å². The molecule has 138 valence electrons. The first kappa shape index (κ1) is 19.0. The van der Waals surface area contributed by atoms with Crippen LogP contribution in [0.1, 0.15) is 43.2 Å². The number of carbonyl (C=O) groups is 1. The predicted molar refractivity (Wildman–Crippen MR) is 105 cm³/mol. The Morgan fingerprint density at radius 3 is 2.44 bits per heavy atom. The Labute approximate surface area is 162 Å². The van der Waals surface area contributed by atoms with Crippen LogP contribution in [-0.4, -0.2) is 11.7 Å². The number of aliphatic imine (C=N–C) groups is 1. The van der Waals surface area contributed by atoms with Crippen LogP contribution in [0.25, 0.3) is 0 Å². The highest BCUT2D eigenvalue weighted by atomic mass is 32.2. The second-order valence-corrected chi connectivity index (χ2v) is 7.92. The summed E-state index contributed by atoms with van der Waals surface area (Å²) in [6, 6.07) is 11.6. The van der Waals surface area contributed by atoms with Gasteiger partial charge in [0.1, 0.15) is 16.8 Å². The van der Waals surface area contributed by atoms with Crippen LogP contribution in [0.5, 0.6) is 0 Å². The summed E-state index contributed by atoms with van der Waals surface area (Å²) in [6.07, 6.45) is 4.41. The van der Waals surface area contributed by atoms with Gasteiger partial charge in [0, 0.05) is 11.2 Å². The molecule has 0 bridgehead atoms. The fourth-order valence-corrected chi connectivity index (χ4v) is 5.19. The first-order chi connectivity index (χ1) is 13.0. The number of nitrogens with two attached hydrogens (primary N) is 2. The van der Waals surface area contributed by atoms with Gasteiger partial charge < -0.3 is 11.5 Å². The first-order valence-electron chi connectivity index (χ1n) is 8.92. The molecule has 1 aliphatic carbocycles. The van der Waals surface area contributed by atoms with Crippen molar-refractivity contribution in [2.75, 3.05) is 0 Å². The molecule has 2 aliphatic rings. The maximum Gasteiger partial charge on any atom is 0.247 e. The van der Waals surface area contributed by atoms with Crippen LogP contribution in [0.2, 0.25) is 0 Å². The van der Waals surface area contributed by atoms with Gasteiger partial charge >= 0.3 is 0 Å². The molecule has 1 atom stereocenters. The van der Waals surface area contributed by atoms with Crippen LogP contribution in [0.15, 0.2) is 39.9 Å². The normalized spacial score (nSPS) is 21.3. The van der Waals surface area contributed by atoms with E-state index in [2.05, 4.69) is 17.1 Å². The van der Waals surface area contributed by atoms with Crippen molar-refractivity contribution in [1.29, 1.82) is 10.5 Å². The quantitative estimate of drug-likeness (QED) is 0.831. The van der Waals surface area contributed by atoms with Crippen molar-refractivity contribution in [2.24, 2.45) is 27.8 Å². The van der Waals surface area contributed by atoms with Gasteiger partial charge in [-0.2, -0.15) is 10.5 Å². The third-order valence-corrected chi connectivity index (χ3v) is 6.42. The van der Waals surface area contributed by atoms with Crippen LogP contribution in [-0.2, 0) is 10.5 Å². The molecule has 1 heterocycles. The summed E-state index contributed by atoms with van der Waals surface area (Å²) in [6.45, 7) is 0. The van der Waals surface area contributed by atoms with E-state index in [-0.39, 0.29) is 5.84 Å². The number of hydrogen-bond donors (Lipinski definition) is 2. The van der Waals surface area contributed by atoms with Crippen molar-refractivity contribution >= 4 is 23.5 Å². The topological polar surface area (TPSA) is 129 Å². The molecule has 1 unspecified atom stereocenters. The molecule has 6 nitrogen and oxygen atoms in total. The molecule has 3 rings (SSSR count). The largest absolute Gasteiger partial charge is 0.386 e. The molecule has 1 aliphatic heterocycles. The smallest absolute Gasteiger partial charge is 0.247 e. The van der Waals surface area contributed by atoms with E-state index in [0.717, 1.165) is 37.7 Å². The molecule has 1 amide bonds. The molecule has 0 radical (unpaired) electrons. The van der Waals surface area contributed by atoms with E-state index in [1.165, 1.54) is 11.8 Å². The zero-order valence-corrected chi connectivity index (χ0v) is 15.8. The fourth-order valence-electron chi connectivity index (χ4n) is 4.07. The third kappa shape index (κ3) is 3.56. The Morgan fingerprint density at radius 1 is 1.22 bits per heavy atom. The van der Waals surface area contributed by atoms with E-state index in [1.54, 1.807) is 12.1 Å². The molecule has 4 N–H and O–H groups in total. The molecule has 1 aromatic carbocycles. The summed E-state index contributed by atoms with van der Waals surface area (Å²) < 4.78 is 0. The number of benzene rings is 1. The average molecular weight is 379 g/mol. The summed E-state index contributed by atoms with van der Waals surface area (Å²) >= 11 is 1.40. The van der Waals surface area contributed by atoms with Gasteiger partial charge in [-0.3, -0.25) is 4.79 Å². The van der Waals surface area contributed by atoms with Crippen LogP contribution in [0.3, 0.4) is 0 Å². The Morgan fingerprint density at radius 2 is 1.89 bits per heavy atom. The lowest BCUT2D eigenvalue weighted by Gasteiger charge is -2.43. The number of nitriles is 2. The van der Waals surface area contributed by atoms with Crippen molar-refractivity contribution < 1.29 is 4.79 Å². The summed E-state index contributed by atoms with van der Waals surface area (Å²) in [5, 5.41) is 19.1. The Kier molecular flexibility index (Phi) is 5.53. The number of carbonyl (C=O) groups excluding carboxylic acids is 1. The van der Waals surface area contributed by atoms with Crippen molar-refractivity contribution in [2.45, 2.75) is 37.9 Å². The summed E-state index contributed by atoms with van der Waals surface area (Å²) in [5.74, 6) is -0.288. The minimum atomic E-state index is -0.627. The summed E-state index contributed by atoms with van der Waals surface area (Å²) in [4.78, 5) is 16.8. The summed E-state index contributed by atoms with van der Waals surface area (Å²) in [7, 11) is 0. The number of amides is 1. The number of thioether (sulfide) groups is 1. The molecule has 1 aromatic rings. The highest BCUT2D eigenvalue weighted by molar-refractivity contribution is 8.02. The first-order valence-corrected chi connectivity index (χ1v) is 9.90. The van der Waals surface area contributed by atoms with Crippen molar-refractivity contribution in [3.8, 4) is 12.1 Å². The van der Waals surface area contributed by atoms with Crippen LogP contribution in [0, 0.1) is 34.0 Å². The molecule has 1 spiro atoms. The maximum absolute atomic E-state index is 12.4. The number of hydrogen-bond acceptors (Lipinski definition) is 6. The number of primary amides is 1. The number of nitrogens with zero attached hydrogens (tertiary/aromatic N) is 3. The van der Waals surface area contributed by atoms with E-state index in [0.29, 0.717) is 21.9 Å². The highest BCUT2D eigenvalue weighted by Crippen LogP contribution is 2.53. The SMILES string of the molecule is N#Cc1ccc(CSC2=C(C(N)=O)C3(CCCCC3)C(C#N)C(N)=N2)cc1.